The van der Waals surface area contributed by atoms with E-state index in [4.69, 9.17) is 0 Å². The van der Waals surface area contributed by atoms with Crippen molar-refractivity contribution in [2.24, 2.45) is 0 Å². The molecule has 0 radical (unpaired) electrons. The van der Waals surface area contributed by atoms with Crippen molar-refractivity contribution in [2.75, 3.05) is 13.1 Å². The second-order valence-electron chi connectivity index (χ2n) is 7.53. The molecule has 2 N–H and O–H groups in total. The molecule has 0 saturated carbocycles. The number of aromatic nitrogens is 3. The number of aliphatic hydroxyl groups excluding tert-OH is 1. The standard InChI is InChI=1S/C21H20N4O2/c1-12-21(27)18(15(11-26)7-24-12)10-25-8-13-4-14(9-25)17-6-20-19(5-16(13)17)22-2-3-23-20/h2-3,5-7,10,13-14,26H,4,8-9,11H2,1H3/p+1. The van der Waals surface area contributed by atoms with Gasteiger partial charge in [0.2, 0.25) is 0 Å². The van der Waals surface area contributed by atoms with Crippen molar-refractivity contribution in [3.63, 3.8) is 0 Å². The van der Waals surface area contributed by atoms with Crippen molar-refractivity contribution in [1.29, 1.82) is 0 Å². The Hall–Kier alpha value is -2.86. The Kier molecular flexibility index (Phi) is 3.68. The molecule has 1 saturated heterocycles. The molecule has 1 aliphatic heterocycles. The lowest BCUT2D eigenvalue weighted by Crippen LogP contribution is -2.28. The van der Waals surface area contributed by atoms with Gasteiger partial charge in [0.15, 0.2) is 6.21 Å². The first-order valence-corrected chi connectivity index (χ1v) is 9.26. The molecule has 3 heterocycles. The largest absolute Gasteiger partial charge is 0.505 e. The van der Waals surface area contributed by atoms with Crippen LogP contribution in [0.1, 0.15) is 46.2 Å². The molecule has 27 heavy (non-hydrogen) atoms. The van der Waals surface area contributed by atoms with Crippen LogP contribution in [0.3, 0.4) is 0 Å². The Labute approximate surface area is 156 Å². The Morgan fingerprint density at radius 3 is 2.30 bits per heavy atom. The van der Waals surface area contributed by atoms with Crippen LogP contribution in [-0.2, 0) is 6.61 Å². The number of aromatic hydroxyl groups is 1. The lowest BCUT2D eigenvalue weighted by atomic mass is 9.96. The Morgan fingerprint density at radius 2 is 1.70 bits per heavy atom. The van der Waals surface area contributed by atoms with Crippen LogP contribution in [0.2, 0.25) is 0 Å². The Bertz CT molecular complexity index is 1040. The van der Waals surface area contributed by atoms with E-state index < -0.39 is 0 Å². The summed E-state index contributed by atoms with van der Waals surface area (Å²) in [6, 6.07) is 4.39. The van der Waals surface area contributed by atoms with Gasteiger partial charge in [0.25, 0.3) is 0 Å². The molecule has 6 heteroatoms. The highest BCUT2D eigenvalue weighted by Crippen LogP contribution is 2.46. The number of aryl methyl sites for hydroxylation is 1. The minimum atomic E-state index is -0.143. The molecular formula is C21H21N4O2+. The molecule has 2 aromatic heterocycles. The quantitative estimate of drug-likeness (QED) is 0.684. The number of hydrogen-bond acceptors (Lipinski definition) is 5. The molecule has 1 fully saturated rings. The topological polar surface area (TPSA) is 82.1 Å². The maximum Gasteiger partial charge on any atom is 0.174 e. The van der Waals surface area contributed by atoms with E-state index in [0.29, 0.717) is 28.7 Å². The van der Waals surface area contributed by atoms with Gasteiger partial charge in [-0.15, -0.1) is 0 Å². The summed E-state index contributed by atoms with van der Waals surface area (Å²) in [5.74, 6) is 1.05. The SMILES string of the molecule is Cc1ncc(CO)c(C=[N+]2CC3CC(C2)c2cc4nccnc4cc23)c1O. The molecule has 1 aromatic carbocycles. The summed E-state index contributed by atoms with van der Waals surface area (Å²) in [7, 11) is 0. The fourth-order valence-electron chi connectivity index (χ4n) is 4.54. The van der Waals surface area contributed by atoms with E-state index >= 15 is 0 Å². The smallest absolute Gasteiger partial charge is 0.174 e. The van der Waals surface area contributed by atoms with Crippen molar-refractivity contribution < 1.29 is 14.8 Å². The van der Waals surface area contributed by atoms with Crippen molar-refractivity contribution in [3.05, 3.63) is 58.7 Å². The number of pyridine rings is 1. The van der Waals surface area contributed by atoms with Crippen LogP contribution in [0.25, 0.3) is 11.0 Å². The van der Waals surface area contributed by atoms with Crippen LogP contribution in [0, 0.1) is 6.92 Å². The molecule has 2 bridgehead atoms. The van der Waals surface area contributed by atoms with Crippen molar-refractivity contribution in [3.8, 4) is 5.75 Å². The van der Waals surface area contributed by atoms with Gasteiger partial charge < -0.3 is 10.2 Å². The molecule has 1 aliphatic carbocycles. The molecule has 5 rings (SSSR count). The number of benzene rings is 1. The van der Waals surface area contributed by atoms with E-state index in [2.05, 4.69) is 31.7 Å². The molecule has 2 atom stereocenters. The van der Waals surface area contributed by atoms with Crippen molar-refractivity contribution in [2.45, 2.75) is 31.8 Å². The first-order valence-electron chi connectivity index (χ1n) is 9.26. The summed E-state index contributed by atoms with van der Waals surface area (Å²) >= 11 is 0. The molecule has 2 aliphatic rings. The van der Waals surface area contributed by atoms with Crippen LogP contribution < -0.4 is 0 Å². The zero-order valence-corrected chi connectivity index (χ0v) is 15.1. The second-order valence-corrected chi connectivity index (χ2v) is 7.53. The van der Waals surface area contributed by atoms with E-state index in [1.54, 1.807) is 25.5 Å². The predicted molar refractivity (Wildman–Crippen MR) is 101 cm³/mol. The van der Waals surface area contributed by atoms with E-state index in [0.717, 1.165) is 30.5 Å². The van der Waals surface area contributed by atoms with Gasteiger partial charge in [0.05, 0.1) is 28.9 Å². The number of fused-ring (bicyclic) bond motifs is 6. The molecule has 2 unspecified atom stereocenters. The first-order chi connectivity index (χ1) is 13.1. The van der Waals surface area contributed by atoms with Gasteiger partial charge in [-0.3, -0.25) is 15.0 Å². The predicted octanol–water partition coefficient (Wildman–Crippen LogP) is 2.25. The number of rotatable bonds is 2. The van der Waals surface area contributed by atoms with Gasteiger partial charge in [-0.1, -0.05) is 0 Å². The number of piperidine rings is 1. The van der Waals surface area contributed by atoms with Gasteiger partial charge in [-0.2, -0.15) is 0 Å². The maximum absolute atomic E-state index is 10.4. The molecule has 136 valence electrons. The van der Waals surface area contributed by atoms with Crippen LogP contribution in [0.4, 0.5) is 0 Å². The highest BCUT2D eigenvalue weighted by molar-refractivity contribution is 5.82. The van der Waals surface area contributed by atoms with Gasteiger partial charge in [0, 0.05) is 36.0 Å². The highest BCUT2D eigenvalue weighted by Gasteiger charge is 2.41. The third-order valence-electron chi connectivity index (χ3n) is 5.87. The fraction of sp³-hybridized carbons (Fsp3) is 0.333. The Balaban J connectivity index is 1.56. The molecular weight excluding hydrogens is 340 g/mol. The highest BCUT2D eigenvalue weighted by atomic mass is 16.3. The lowest BCUT2D eigenvalue weighted by Gasteiger charge is -2.18. The zero-order chi connectivity index (χ0) is 18.5. The summed E-state index contributed by atoms with van der Waals surface area (Å²) < 4.78 is 2.26. The minimum absolute atomic E-state index is 0.143. The third kappa shape index (κ3) is 2.59. The van der Waals surface area contributed by atoms with Crippen molar-refractivity contribution in [1.82, 2.24) is 15.0 Å². The van der Waals surface area contributed by atoms with Gasteiger partial charge in [-0.25, -0.2) is 4.58 Å². The molecule has 3 aromatic rings. The average Bonchev–Trinajstić information content (AvgIpc) is 2.94. The number of nitrogens with zero attached hydrogens (tertiary/aromatic N) is 4. The summed E-state index contributed by atoms with van der Waals surface area (Å²) in [5.41, 5.74) is 6.54. The minimum Gasteiger partial charge on any atom is -0.505 e. The molecule has 0 spiro atoms. The lowest BCUT2D eigenvalue weighted by molar-refractivity contribution is -0.537. The second kappa shape index (κ2) is 6.09. The number of aliphatic hydroxyl groups is 1. The van der Waals surface area contributed by atoms with Crippen LogP contribution in [0.5, 0.6) is 5.75 Å². The summed E-state index contributed by atoms with van der Waals surface area (Å²) in [6.07, 6.45) is 8.24. The Morgan fingerprint density at radius 1 is 1.07 bits per heavy atom. The maximum atomic E-state index is 10.4. The summed E-state index contributed by atoms with van der Waals surface area (Å²) in [6.45, 7) is 3.41. The van der Waals surface area contributed by atoms with Crippen molar-refractivity contribution >= 4 is 17.2 Å². The van der Waals surface area contributed by atoms with Crippen LogP contribution in [0.15, 0.2) is 30.7 Å². The van der Waals surface area contributed by atoms with E-state index in [-0.39, 0.29) is 12.4 Å². The summed E-state index contributed by atoms with van der Waals surface area (Å²) in [4.78, 5) is 13.1. The molecule has 0 amide bonds. The summed E-state index contributed by atoms with van der Waals surface area (Å²) in [5, 5.41) is 20.1. The fourth-order valence-corrected chi connectivity index (χ4v) is 4.54. The molecule has 6 nitrogen and oxygen atoms in total. The normalized spacial score (nSPS) is 20.7. The van der Waals surface area contributed by atoms with Gasteiger partial charge in [-0.05, 0) is 36.6 Å². The van der Waals surface area contributed by atoms with Gasteiger partial charge in [0.1, 0.15) is 18.8 Å². The van der Waals surface area contributed by atoms with Gasteiger partial charge >= 0.3 is 0 Å². The van der Waals surface area contributed by atoms with E-state index in [1.165, 1.54) is 11.1 Å². The zero-order valence-electron chi connectivity index (χ0n) is 15.1. The van der Waals surface area contributed by atoms with Crippen LogP contribution >= 0.6 is 0 Å². The first kappa shape index (κ1) is 16.3. The monoisotopic (exact) mass is 361 g/mol. The number of hydrogen-bond donors (Lipinski definition) is 2. The average molecular weight is 361 g/mol. The van der Waals surface area contributed by atoms with Crippen LogP contribution in [-0.4, -0.2) is 49.0 Å². The van der Waals surface area contributed by atoms with E-state index in [1.807, 2.05) is 6.21 Å². The van der Waals surface area contributed by atoms with E-state index in [9.17, 15) is 10.2 Å². The third-order valence-corrected chi connectivity index (χ3v) is 5.87.